The van der Waals surface area contributed by atoms with Gasteiger partial charge in [-0.05, 0) is 31.5 Å². The largest absolute Gasteiger partial charge is 0.392 e. The fourth-order valence-electron chi connectivity index (χ4n) is 3.72. The van der Waals surface area contributed by atoms with E-state index >= 15 is 0 Å². The van der Waals surface area contributed by atoms with E-state index in [2.05, 4.69) is 11.0 Å². The van der Waals surface area contributed by atoms with Gasteiger partial charge in [0.1, 0.15) is 0 Å². The van der Waals surface area contributed by atoms with Gasteiger partial charge in [-0.15, -0.1) is 0 Å². The highest BCUT2D eigenvalue weighted by Crippen LogP contribution is 2.28. The zero-order valence-corrected chi connectivity index (χ0v) is 16.1. The second-order valence-electron chi connectivity index (χ2n) is 7.34. The van der Waals surface area contributed by atoms with Crippen LogP contribution in [0.4, 0.5) is 0 Å². The Hall–Kier alpha value is -1.70. The molecule has 1 aromatic rings. The van der Waals surface area contributed by atoms with Crippen molar-refractivity contribution in [2.45, 2.75) is 32.5 Å². The maximum absolute atomic E-state index is 13.0. The number of amides is 1. The molecule has 2 aliphatic rings. The maximum atomic E-state index is 13.0. The number of carbonyl (C=O) groups is 1. The van der Waals surface area contributed by atoms with Gasteiger partial charge in [-0.1, -0.05) is 23.8 Å². The van der Waals surface area contributed by atoms with Gasteiger partial charge in [0.15, 0.2) is 9.84 Å². The van der Waals surface area contributed by atoms with Crippen molar-refractivity contribution in [2.24, 2.45) is 0 Å². The molecule has 1 aromatic carbocycles. The Balaban J connectivity index is 1.82. The number of allylic oxidation sites excluding steroid dienone is 1. The summed E-state index contributed by atoms with van der Waals surface area (Å²) >= 11 is 0. The first-order valence-electron chi connectivity index (χ1n) is 8.89. The maximum Gasteiger partial charge on any atom is 0.254 e. The lowest BCUT2D eigenvalue weighted by Gasteiger charge is -2.43. The van der Waals surface area contributed by atoms with Crippen LogP contribution in [0.2, 0.25) is 0 Å². The van der Waals surface area contributed by atoms with Crippen LogP contribution in [0, 0.1) is 0 Å². The van der Waals surface area contributed by atoms with E-state index in [-0.39, 0.29) is 36.1 Å². The standard InChI is InChI=1S/C19H26N2O4S/c1-14(2)7-8-20-9-10-21(18-13-26(24,25)12-17(18)20)19(23)16-5-3-15(11-22)4-6-16/h3-7,17-18,22H,8-13H2,1-2H3/t17-,18+/m1/s1. The molecule has 0 aliphatic carbocycles. The summed E-state index contributed by atoms with van der Waals surface area (Å²) in [4.78, 5) is 16.9. The number of benzene rings is 1. The first-order valence-corrected chi connectivity index (χ1v) is 10.7. The summed E-state index contributed by atoms with van der Waals surface area (Å²) in [6, 6.07) is 6.39. The van der Waals surface area contributed by atoms with Crippen LogP contribution in [0.5, 0.6) is 0 Å². The number of nitrogens with zero attached hydrogens (tertiary/aromatic N) is 2. The van der Waals surface area contributed by atoms with Crippen molar-refractivity contribution in [3.05, 3.63) is 47.0 Å². The Kier molecular flexibility index (Phi) is 5.50. The molecule has 0 aromatic heterocycles. The molecule has 0 spiro atoms. The average Bonchev–Trinajstić information content (AvgIpc) is 2.94. The van der Waals surface area contributed by atoms with Crippen molar-refractivity contribution in [1.29, 1.82) is 0 Å². The minimum absolute atomic E-state index is 0.0312. The third-order valence-corrected chi connectivity index (χ3v) is 6.87. The number of hydrogen-bond donors (Lipinski definition) is 1. The molecule has 2 saturated heterocycles. The molecule has 1 amide bonds. The zero-order chi connectivity index (χ0) is 18.9. The zero-order valence-electron chi connectivity index (χ0n) is 15.3. The molecule has 2 atom stereocenters. The van der Waals surface area contributed by atoms with Crippen molar-refractivity contribution < 1.29 is 18.3 Å². The van der Waals surface area contributed by atoms with E-state index in [1.54, 1.807) is 29.2 Å². The van der Waals surface area contributed by atoms with Crippen LogP contribution in [0.15, 0.2) is 35.9 Å². The number of piperazine rings is 1. The average molecular weight is 378 g/mol. The van der Waals surface area contributed by atoms with E-state index in [1.165, 1.54) is 5.57 Å². The number of sulfone groups is 1. The Morgan fingerprint density at radius 1 is 1.15 bits per heavy atom. The highest BCUT2D eigenvalue weighted by Gasteiger charge is 2.47. The molecule has 0 saturated carbocycles. The van der Waals surface area contributed by atoms with Gasteiger partial charge >= 0.3 is 0 Å². The molecule has 2 fully saturated rings. The number of fused-ring (bicyclic) bond motifs is 1. The molecule has 0 radical (unpaired) electrons. The summed E-state index contributed by atoms with van der Waals surface area (Å²) < 4.78 is 24.5. The minimum Gasteiger partial charge on any atom is -0.392 e. The van der Waals surface area contributed by atoms with E-state index in [9.17, 15) is 13.2 Å². The van der Waals surface area contributed by atoms with Crippen LogP contribution < -0.4 is 0 Å². The Bertz CT molecular complexity index is 797. The molecular weight excluding hydrogens is 352 g/mol. The normalized spacial score (nSPS) is 25.0. The number of rotatable bonds is 4. The molecule has 0 bridgehead atoms. The SMILES string of the molecule is CC(C)=CCN1CCN(C(=O)c2ccc(CO)cc2)[C@H]2CS(=O)(=O)C[C@H]21. The predicted octanol–water partition coefficient (Wildman–Crippen LogP) is 1.07. The van der Waals surface area contributed by atoms with E-state index in [0.717, 1.165) is 5.56 Å². The first-order chi connectivity index (χ1) is 12.3. The first kappa shape index (κ1) is 19.1. The quantitative estimate of drug-likeness (QED) is 0.793. The van der Waals surface area contributed by atoms with Crippen LogP contribution in [0.25, 0.3) is 0 Å². The monoisotopic (exact) mass is 378 g/mol. The second-order valence-corrected chi connectivity index (χ2v) is 9.50. The third kappa shape index (κ3) is 4.00. The van der Waals surface area contributed by atoms with Crippen LogP contribution in [0.3, 0.4) is 0 Å². The fourth-order valence-corrected chi connectivity index (χ4v) is 5.73. The van der Waals surface area contributed by atoms with Gasteiger partial charge in [-0.25, -0.2) is 8.42 Å². The lowest BCUT2D eigenvalue weighted by molar-refractivity contribution is 0.0368. The summed E-state index contributed by atoms with van der Waals surface area (Å²) in [5, 5.41) is 9.14. The van der Waals surface area contributed by atoms with Crippen LogP contribution in [-0.4, -0.2) is 72.5 Å². The number of carbonyl (C=O) groups excluding carboxylic acids is 1. The molecule has 7 heteroatoms. The number of aliphatic hydroxyl groups is 1. The molecule has 6 nitrogen and oxygen atoms in total. The van der Waals surface area contributed by atoms with Gasteiger partial charge < -0.3 is 10.0 Å². The number of aliphatic hydroxyl groups excluding tert-OH is 1. The molecule has 1 N–H and O–H groups in total. The molecule has 0 unspecified atom stereocenters. The Morgan fingerprint density at radius 2 is 1.81 bits per heavy atom. The molecule has 26 heavy (non-hydrogen) atoms. The van der Waals surface area contributed by atoms with Crippen molar-refractivity contribution in [2.75, 3.05) is 31.1 Å². The topological polar surface area (TPSA) is 77.9 Å². The molecule has 2 heterocycles. The van der Waals surface area contributed by atoms with Gasteiger partial charge in [0.25, 0.3) is 5.91 Å². The third-order valence-electron chi connectivity index (χ3n) is 5.17. The summed E-state index contributed by atoms with van der Waals surface area (Å²) in [5.74, 6) is 0.00811. The summed E-state index contributed by atoms with van der Waals surface area (Å²) in [6.45, 7) is 5.89. The van der Waals surface area contributed by atoms with E-state index < -0.39 is 9.84 Å². The van der Waals surface area contributed by atoms with E-state index in [1.807, 2.05) is 13.8 Å². The summed E-state index contributed by atoms with van der Waals surface area (Å²) in [7, 11) is -3.15. The lowest BCUT2D eigenvalue weighted by Crippen LogP contribution is -2.60. The van der Waals surface area contributed by atoms with Crippen LogP contribution >= 0.6 is 0 Å². The highest BCUT2D eigenvalue weighted by molar-refractivity contribution is 7.91. The number of hydrogen-bond acceptors (Lipinski definition) is 5. The van der Waals surface area contributed by atoms with Gasteiger partial charge in [-0.2, -0.15) is 0 Å². The minimum atomic E-state index is -3.15. The predicted molar refractivity (Wildman–Crippen MR) is 101 cm³/mol. The Labute approximate surface area is 155 Å². The van der Waals surface area contributed by atoms with Gasteiger partial charge in [0, 0.05) is 31.2 Å². The molecule has 3 rings (SSSR count). The van der Waals surface area contributed by atoms with Crippen molar-refractivity contribution in [1.82, 2.24) is 9.80 Å². The highest BCUT2D eigenvalue weighted by atomic mass is 32.2. The fraction of sp³-hybridized carbons (Fsp3) is 0.526. The second kappa shape index (κ2) is 7.50. The smallest absolute Gasteiger partial charge is 0.254 e. The molecule has 142 valence electrons. The van der Waals surface area contributed by atoms with Gasteiger partial charge in [0.2, 0.25) is 0 Å². The Morgan fingerprint density at radius 3 is 2.42 bits per heavy atom. The van der Waals surface area contributed by atoms with Crippen molar-refractivity contribution >= 4 is 15.7 Å². The molecular formula is C19H26N2O4S. The van der Waals surface area contributed by atoms with Gasteiger partial charge in [-0.3, -0.25) is 9.69 Å². The summed E-state index contributed by atoms with van der Waals surface area (Å²) in [5.41, 5.74) is 2.47. The van der Waals surface area contributed by atoms with Gasteiger partial charge in [0.05, 0.1) is 24.2 Å². The van der Waals surface area contributed by atoms with E-state index in [4.69, 9.17) is 5.11 Å². The van der Waals surface area contributed by atoms with Crippen molar-refractivity contribution in [3.63, 3.8) is 0 Å². The van der Waals surface area contributed by atoms with Crippen molar-refractivity contribution in [3.8, 4) is 0 Å². The summed E-state index contributed by atoms with van der Waals surface area (Å²) in [6.07, 6.45) is 2.10. The van der Waals surface area contributed by atoms with Crippen LogP contribution in [-0.2, 0) is 16.4 Å². The molecule has 2 aliphatic heterocycles. The van der Waals surface area contributed by atoms with Crippen LogP contribution in [0.1, 0.15) is 29.8 Å². The lowest BCUT2D eigenvalue weighted by atomic mass is 10.0. The van der Waals surface area contributed by atoms with E-state index in [0.29, 0.717) is 25.2 Å².